The summed E-state index contributed by atoms with van der Waals surface area (Å²) in [6, 6.07) is 0.846. The predicted octanol–water partition coefficient (Wildman–Crippen LogP) is 0.884. The maximum absolute atomic E-state index is 12.6. The predicted molar refractivity (Wildman–Crippen MR) is 43.0 cm³/mol. The summed E-state index contributed by atoms with van der Waals surface area (Å²) in [5.74, 6) is 1.26. The highest BCUT2D eigenvalue weighted by molar-refractivity contribution is 5.88. The summed E-state index contributed by atoms with van der Waals surface area (Å²) in [4.78, 5) is 13.6. The Balaban J connectivity index is 2.91. The molecule has 0 spiro atoms. The van der Waals surface area contributed by atoms with Crippen LogP contribution in [0.15, 0.2) is 12.3 Å². The lowest BCUT2D eigenvalue weighted by molar-refractivity contribution is -0.133. The molecule has 3 nitrogen and oxygen atoms in total. The van der Waals surface area contributed by atoms with E-state index in [4.69, 9.17) is 0 Å². The molecule has 0 N–H and O–H groups in total. The van der Waals surface area contributed by atoms with Crippen molar-refractivity contribution in [1.29, 1.82) is 0 Å². The molecule has 0 amide bonds. The minimum atomic E-state index is -1.20. The Hall–Kier alpha value is -1.96. The maximum Gasteiger partial charge on any atom is 0.384 e. The van der Waals surface area contributed by atoms with Crippen molar-refractivity contribution in [2.45, 2.75) is 0 Å². The number of hydrogen-bond donors (Lipinski definition) is 0. The van der Waals surface area contributed by atoms with Crippen molar-refractivity contribution in [2.24, 2.45) is 0 Å². The number of rotatable bonds is 0. The molecule has 1 heterocycles. The van der Waals surface area contributed by atoms with Crippen LogP contribution in [0, 0.1) is 23.6 Å². The van der Waals surface area contributed by atoms with Crippen LogP contribution in [0.5, 0.6) is 0 Å². The fourth-order valence-electron chi connectivity index (χ4n) is 0.664. The van der Waals surface area contributed by atoms with Gasteiger partial charge in [0.1, 0.15) is 0 Å². The minimum absolute atomic E-state index is 0.106. The number of hydrogen-bond acceptors (Lipinski definition) is 3. The van der Waals surface area contributed by atoms with Crippen LogP contribution >= 0.6 is 0 Å². The van der Waals surface area contributed by atoms with Crippen LogP contribution in [0.1, 0.15) is 5.56 Å². The first-order valence-electron chi connectivity index (χ1n) is 3.54. The van der Waals surface area contributed by atoms with E-state index in [-0.39, 0.29) is 5.56 Å². The number of carbonyl (C=O) groups is 1. The first kappa shape index (κ1) is 10.1. The van der Waals surface area contributed by atoms with E-state index in [0.717, 1.165) is 12.3 Å². The van der Waals surface area contributed by atoms with Gasteiger partial charge in [-0.1, -0.05) is 5.92 Å². The molecule has 1 aromatic rings. The second kappa shape index (κ2) is 4.33. The van der Waals surface area contributed by atoms with Crippen molar-refractivity contribution < 1.29 is 18.3 Å². The van der Waals surface area contributed by atoms with Crippen LogP contribution in [0.4, 0.5) is 8.78 Å². The maximum atomic E-state index is 12.6. The molecule has 5 heteroatoms. The van der Waals surface area contributed by atoms with Crippen molar-refractivity contribution in [3.05, 3.63) is 29.6 Å². The molecule has 0 saturated heterocycles. The summed E-state index contributed by atoms with van der Waals surface area (Å²) < 4.78 is 29.1. The fourth-order valence-corrected chi connectivity index (χ4v) is 0.664. The van der Waals surface area contributed by atoms with Gasteiger partial charge in [-0.3, -0.25) is 0 Å². The molecule has 72 valence electrons. The number of ether oxygens (including phenoxy) is 1. The van der Waals surface area contributed by atoms with Crippen LogP contribution in [-0.4, -0.2) is 18.1 Å². The molecule has 0 aliphatic heterocycles. The van der Waals surface area contributed by atoms with E-state index >= 15 is 0 Å². The molecule has 0 radical (unpaired) electrons. The molecule has 1 aromatic heterocycles. The number of halogens is 2. The van der Waals surface area contributed by atoms with E-state index < -0.39 is 17.7 Å². The Morgan fingerprint density at radius 2 is 2.29 bits per heavy atom. The molecular formula is C9H5F2NO2. The highest BCUT2D eigenvalue weighted by Crippen LogP contribution is 2.03. The van der Waals surface area contributed by atoms with Gasteiger partial charge in [-0.05, 0) is 6.07 Å². The van der Waals surface area contributed by atoms with Gasteiger partial charge in [-0.15, -0.1) is 0 Å². The zero-order valence-corrected chi connectivity index (χ0v) is 7.17. The van der Waals surface area contributed by atoms with Gasteiger partial charge in [0.15, 0.2) is 5.82 Å². The zero-order chi connectivity index (χ0) is 10.6. The Kier molecular flexibility index (Phi) is 3.13. The average molecular weight is 197 g/mol. The van der Waals surface area contributed by atoms with Crippen LogP contribution < -0.4 is 0 Å². The lowest BCUT2D eigenvalue weighted by Gasteiger charge is -1.91. The first-order valence-corrected chi connectivity index (χ1v) is 3.54. The molecule has 1 rings (SSSR count). The average Bonchev–Trinajstić information content (AvgIpc) is 2.19. The summed E-state index contributed by atoms with van der Waals surface area (Å²) in [5.41, 5.74) is 0.106. The molecule has 0 aromatic carbocycles. The number of methoxy groups -OCH3 is 1. The zero-order valence-electron chi connectivity index (χ0n) is 7.17. The van der Waals surface area contributed by atoms with E-state index in [1.54, 1.807) is 0 Å². The quantitative estimate of drug-likeness (QED) is 0.352. The summed E-state index contributed by atoms with van der Waals surface area (Å²) in [7, 11) is 1.17. The number of esters is 1. The molecule has 0 fully saturated rings. The standard InChI is InChI=1S/C9H5F2NO2/c1-14-8(13)3-2-6-4-7(10)9(11)12-5-6/h4-5H,1H3. The van der Waals surface area contributed by atoms with E-state index in [2.05, 4.69) is 21.6 Å². The minimum Gasteiger partial charge on any atom is -0.459 e. The van der Waals surface area contributed by atoms with Gasteiger partial charge in [0.05, 0.1) is 7.11 Å². The van der Waals surface area contributed by atoms with Crippen molar-refractivity contribution in [3.63, 3.8) is 0 Å². The normalized spacial score (nSPS) is 8.79. The van der Waals surface area contributed by atoms with Crippen molar-refractivity contribution in [1.82, 2.24) is 4.98 Å². The smallest absolute Gasteiger partial charge is 0.384 e. The Bertz CT molecular complexity index is 421. The highest BCUT2D eigenvalue weighted by atomic mass is 19.2. The fraction of sp³-hybridized carbons (Fsp3) is 0.111. The number of pyridine rings is 1. The summed E-state index contributed by atoms with van der Waals surface area (Å²) in [6.07, 6.45) is 1.02. The molecule has 0 bridgehead atoms. The van der Waals surface area contributed by atoms with Crippen molar-refractivity contribution in [2.75, 3.05) is 7.11 Å². The van der Waals surface area contributed by atoms with E-state index in [0.29, 0.717) is 0 Å². The van der Waals surface area contributed by atoms with Crippen molar-refractivity contribution in [3.8, 4) is 11.8 Å². The summed E-state index contributed by atoms with van der Waals surface area (Å²) in [5, 5.41) is 0. The van der Waals surface area contributed by atoms with Gasteiger partial charge in [0.2, 0.25) is 5.95 Å². The largest absolute Gasteiger partial charge is 0.459 e. The van der Waals surface area contributed by atoms with Gasteiger partial charge in [0, 0.05) is 17.7 Å². The van der Waals surface area contributed by atoms with Crippen LogP contribution in [0.25, 0.3) is 0 Å². The molecule has 0 unspecified atom stereocenters. The third-order valence-electron chi connectivity index (χ3n) is 1.29. The molecule has 14 heavy (non-hydrogen) atoms. The third-order valence-corrected chi connectivity index (χ3v) is 1.29. The topological polar surface area (TPSA) is 39.2 Å². The molecule has 0 atom stereocenters. The number of nitrogens with zero attached hydrogens (tertiary/aromatic N) is 1. The van der Waals surface area contributed by atoms with E-state index in [1.807, 2.05) is 0 Å². The van der Waals surface area contributed by atoms with Gasteiger partial charge in [0.25, 0.3) is 0 Å². The Labute approximate surface area is 78.7 Å². The lowest BCUT2D eigenvalue weighted by atomic mass is 10.3. The first-order chi connectivity index (χ1) is 6.63. The second-order valence-electron chi connectivity index (χ2n) is 2.24. The van der Waals surface area contributed by atoms with Crippen LogP contribution in [-0.2, 0) is 9.53 Å². The SMILES string of the molecule is COC(=O)C#Cc1cnc(F)c(F)c1. The molecule has 0 aliphatic carbocycles. The van der Waals surface area contributed by atoms with Gasteiger partial charge >= 0.3 is 5.97 Å². The second-order valence-corrected chi connectivity index (χ2v) is 2.24. The van der Waals surface area contributed by atoms with Gasteiger partial charge in [-0.2, -0.15) is 4.39 Å². The monoisotopic (exact) mass is 197 g/mol. The number of aromatic nitrogens is 1. The molecule has 0 aliphatic rings. The van der Waals surface area contributed by atoms with Crippen LogP contribution in [0.3, 0.4) is 0 Å². The van der Waals surface area contributed by atoms with Crippen LogP contribution in [0.2, 0.25) is 0 Å². The van der Waals surface area contributed by atoms with Gasteiger partial charge < -0.3 is 4.74 Å². The van der Waals surface area contributed by atoms with Crippen molar-refractivity contribution >= 4 is 5.97 Å². The van der Waals surface area contributed by atoms with E-state index in [9.17, 15) is 13.6 Å². The molecule has 0 saturated carbocycles. The highest BCUT2D eigenvalue weighted by Gasteiger charge is 2.02. The Morgan fingerprint density at radius 1 is 1.57 bits per heavy atom. The Morgan fingerprint density at radius 3 is 2.86 bits per heavy atom. The number of carbonyl (C=O) groups excluding carboxylic acids is 1. The van der Waals surface area contributed by atoms with Gasteiger partial charge in [-0.25, -0.2) is 14.2 Å². The lowest BCUT2D eigenvalue weighted by Crippen LogP contribution is -1.95. The van der Waals surface area contributed by atoms with E-state index in [1.165, 1.54) is 7.11 Å². The molecular weight excluding hydrogens is 192 g/mol. The summed E-state index contributed by atoms with van der Waals surface area (Å²) in [6.45, 7) is 0. The summed E-state index contributed by atoms with van der Waals surface area (Å²) >= 11 is 0. The third kappa shape index (κ3) is 2.52.